The molecule has 2 N–H and O–H groups in total. The zero-order valence-corrected chi connectivity index (χ0v) is 8.84. The van der Waals surface area contributed by atoms with Crippen molar-refractivity contribution in [3.8, 4) is 0 Å². The number of carbonyl (C=O) groups excluding carboxylic acids is 1. The Kier molecular flexibility index (Phi) is 3.00. The Bertz CT molecular complexity index is 476. The SMILES string of the molecule is Nc1ccn(C(=O)CCc2ccccc2)n1. The fourth-order valence-electron chi connectivity index (χ4n) is 1.49. The van der Waals surface area contributed by atoms with Crippen LogP contribution in [0.2, 0.25) is 0 Å². The van der Waals surface area contributed by atoms with Crippen molar-refractivity contribution in [2.75, 3.05) is 5.73 Å². The van der Waals surface area contributed by atoms with Crippen LogP contribution in [-0.4, -0.2) is 15.7 Å². The molecule has 0 aliphatic rings. The van der Waals surface area contributed by atoms with Gasteiger partial charge in [-0.1, -0.05) is 30.3 Å². The van der Waals surface area contributed by atoms with Crippen molar-refractivity contribution >= 4 is 11.7 Å². The minimum absolute atomic E-state index is 0.0412. The van der Waals surface area contributed by atoms with Crippen LogP contribution in [0, 0.1) is 0 Å². The quantitative estimate of drug-likeness (QED) is 0.848. The van der Waals surface area contributed by atoms with Gasteiger partial charge in [-0.3, -0.25) is 4.79 Å². The summed E-state index contributed by atoms with van der Waals surface area (Å²) >= 11 is 0. The number of nitrogen functional groups attached to an aromatic ring is 1. The van der Waals surface area contributed by atoms with Crippen molar-refractivity contribution in [2.45, 2.75) is 12.8 Å². The van der Waals surface area contributed by atoms with Crippen molar-refractivity contribution in [3.05, 3.63) is 48.2 Å². The van der Waals surface area contributed by atoms with Crippen LogP contribution in [0.5, 0.6) is 0 Å². The minimum Gasteiger partial charge on any atom is -0.382 e. The number of rotatable bonds is 3. The van der Waals surface area contributed by atoms with E-state index >= 15 is 0 Å². The summed E-state index contributed by atoms with van der Waals surface area (Å²) in [5.74, 6) is 0.327. The van der Waals surface area contributed by atoms with Crippen LogP contribution < -0.4 is 5.73 Å². The normalized spacial score (nSPS) is 10.2. The van der Waals surface area contributed by atoms with E-state index < -0.39 is 0 Å². The number of nitrogens with zero attached hydrogens (tertiary/aromatic N) is 2. The molecule has 0 fully saturated rings. The molecule has 82 valence electrons. The highest BCUT2D eigenvalue weighted by Crippen LogP contribution is 2.04. The Morgan fingerprint density at radius 1 is 1.25 bits per heavy atom. The van der Waals surface area contributed by atoms with Crippen LogP contribution in [0.4, 0.5) is 5.82 Å². The van der Waals surface area contributed by atoms with E-state index in [9.17, 15) is 4.79 Å². The monoisotopic (exact) mass is 215 g/mol. The summed E-state index contributed by atoms with van der Waals surface area (Å²) in [5, 5.41) is 3.87. The van der Waals surface area contributed by atoms with Gasteiger partial charge in [-0.05, 0) is 12.0 Å². The maximum atomic E-state index is 11.7. The molecule has 16 heavy (non-hydrogen) atoms. The van der Waals surface area contributed by atoms with E-state index in [1.807, 2.05) is 30.3 Å². The van der Waals surface area contributed by atoms with Gasteiger partial charge in [0.2, 0.25) is 5.91 Å². The van der Waals surface area contributed by atoms with Gasteiger partial charge in [0.25, 0.3) is 0 Å². The average molecular weight is 215 g/mol. The molecule has 0 aliphatic heterocycles. The van der Waals surface area contributed by atoms with Gasteiger partial charge in [-0.25, -0.2) is 4.68 Å². The summed E-state index contributed by atoms with van der Waals surface area (Å²) in [6.07, 6.45) is 2.74. The third kappa shape index (κ3) is 2.48. The van der Waals surface area contributed by atoms with Crippen LogP contribution in [-0.2, 0) is 6.42 Å². The molecule has 0 unspecified atom stereocenters. The number of carbonyl (C=O) groups is 1. The molecule has 0 aliphatic carbocycles. The van der Waals surface area contributed by atoms with Gasteiger partial charge < -0.3 is 5.73 Å². The van der Waals surface area contributed by atoms with Gasteiger partial charge in [-0.15, -0.1) is 5.10 Å². The summed E-state index contributed by atoms with van der Waals surface area (Å²) in [6, 6.07) is 11.5. The molecule has 2 rings (SSSR count). The second-order valence-electron chi connectivity index (χ2n) is 3.56. The van der Waals surface area contributed by atoms with E-state index in [-0.39, 0.29) is 5.91 Å². The van der Waals surface area contributed by atoms with Crippen molar-refractivity contribution in [2.24, 2.45) is 0 Å². The number of anilines is 1. The van der Waals surface area contributed by atoms with E-state index in [0.717, 1.165) is 12.0 Å². The predicted octanol–water partition coefficient (Wildman–Crippen LogP) is 1.74. The molecular weight excluding hydrogens is 202 g/mol. The maximum Gasteiger partial charge on any atom is 0.247 e. The number of aryl methyl sites for hydroxylation is 1. The van der Waals surface area contributed by atoms with Gasteiger partial charge in [0.15, 0.2) is 0 Å². The number of benzene rings is 1. The third-order valence-electron chi connectivity index (χ3n) is 2.34. The lowest BCUT2D eigenvalue weighted by Gasteiger charge is -2.00. The highest BCUT2D eigenvalue weighted by molar-refractivity contribution is 5.78. The smallest absolute Gasteiger partial charge is 0.247 e. The predicted molar refractivity (Wildman–Crippen MR) is 62.0 cm³/mol. The van der Waals surface area contributed by atoms with Crippen molar-refractivity contribution in [1.82, 2.24) is 9.78 Å². The molecule has 4 heteroatoms. The zero-order valence-electron chi connectivity index (χ0n) is 8.84. The average Bonchev–Trinajstić information content (AvgIpc) is 2.74. The lowest BCUT2D eigenvalue weighted by molar-refractivity contribution is 0.0887. The Morgan fingerprint density at radius 3 is 2.62 bits per heavy atom. The Hall–Kier alpha value is -2.10. The first-order valence-corrected chi connectivity index (χ1v) is 5.14. The number of hydrogen-bond acceptors (Lipinski definition) is 3. The molecular formula is C12H13N3O. The van der Waals surface area contributed by atoms with Gasteiger partial charge in [-0.2, -0.15) is 0 Å². The Balaban J connectivity index is 1.94. The largest absolute Gasteiger partial charge is 0.382 e. The molecule has 0 saturated carbocycles. The second-order valence-corrected chi connectivity index (χ2v) is 3.56. The zero-order chi connectivity index (χ0) is 11.4. The molecule has 0 spiro atoms. The van der Waals surface area contributed by atoms with Crippen LogP contribution in [0.15, 0.2) is 42.6 Å². The molecule has 1 aromatic carbocycles. The van der Waals surface area contributed by atoms with Crippen LogP contribution in [0.25, 0.3) is 0 Å². The van der Waals surface area contributed by atoms with E-state index in [2.05, 4.69) is 5.10 Å². The van der Waals surface area contributed by atoms with Crippen LogP contribution in [0.1, 0.15) is 16.8 Å². The number of nitrogens with two attached hydrogens (primary N) is 1. The molecule has 1 aromatic heterocycles. The molecule has 4 nitrogen and oxygen atoms in total. The van der Waals surface area contributed by atoms with Crippen molar-refractivity contribution < 1.29 is 4.79 Å². The van der Waals surface area contributed by atoms with Gasteiger partial charge >= 0.3 is 0 Å². The van der Waals surface area contributed by atoms with Crippen LogP contribution in [0.3, 0.4) is 0 Å². The topological polar surface area (TPSA) is 60.9 Å². The first-order chi connectivity index (χ1) is 7.75. The molecule has 2 aromatic rings. The van der Waals surface area contributed by atoms with E-state index in [1.54, 1.807) is 12.3 Å². The van der Waals surface area contributed by atoms with Gasteiger partial charge in [0.1, 0.15) is 5.82 Å². The summed E-state index contributed by atoms with van der Waals surface area (Å²) in [6.45, 7) is 0. The second kappa shape index (κ2) is 4.61. The molecule has 0 bridgehead atoms. The third-order valence-corrected chi connectivity index (χ3v) is 2.34. The number of aromatic nitrogens is 2. The van der Waals surface area contributed by atoms with Crippen LogP contribution >= 0.6 is 0 Å². The van der Waals surface area contributed by atoms with Crippen molar-refractivity contribution in [3.63, 3.8) is 0 Å². The number of hydrogen-bond donors (Lipinski definition) is 1. The standard InChI is InChI=1S/C12H13N3O/c13-11-8-9-15(14-11)12(16)7-6-10-4-2-1-3-5-10/h1-5,8-9H,6-7H2,(H2,13,14). The highest BCUT2D eigenvalue weighted by atomic mass is 16.2. The Morgan fingerprint density at radius 2 is 2.00 bits per heavy atom. The molecule has 0 atom stereocenters. The first-order valence-electron chi connectivity index (χ1n) is 5.14. The molecule has 0 amide bonds. The highest BCUT2D eigenvalue weighted by Gasteiger charge is 2.06. The van der Waals surface area contributed by atoms with Gasteiger partial charge in [0.05, 0.1) is 0 Å². The fourth-order valence-corrected chi connectivity index (χ4v) is 1.49. The lowest BCUT2D eigenvalue weighted by Crippen LogP contribution is -2.12. The maximum absolute atomic E-state index is 11.7. The molecule has 1 heterocycles. The van der Waals surface area contributed by atoms with E-state index in [0.29, 0.717) is 12.2 Å². The Labute approximate surface area is 93.7 Å². The van der Waals surface area contributed by atoms with E-state index in [1.165, 1.54) is 4.68 Å². The summed E-state index contributed by atoms with van der Waals surface area (Å²) < 4.78 is 1.29. The van der Waals surface area contributed by atoms with E-state index in [4.69, 9.17) is 5.73 Å². The molecule has 0 saturated heterocycles. The minimum atomic E-state index is -0.0412. The van der Waals surface area contributed by atoms with Crippen molar-refractivity contribution in [1.29, 1.82) is 0 Å². The van der Waals surface area contributed by atoms with Gasteiger partial charge in [0, 0.05) is 18.7 Å². The molecule has 0 radical (unpaired) electrons. The summed E-state index contributed by atoms with van der Waals surface area (Å²) in [5.41, 5.74) is 6.59. The first kappa shape index (κ1) is 10.4. The summed E-state index contributed by atoms with van der Waals surface area (Å²) in [7, 11) is 0. The summed E-state index contributed by atoms with van der Waals surface area (Å²) in [4.78, 5) is 11.7. The lowest BCUT2D eigenvalue weighted by atomic mass is 10.1. The fraction of sp³-hybridized carbons (Fsp3) is 0.167.